The topological polar surface area (TPSA) is 52.7 Å². The maximum Gasteiger partial charge on any atom is 0.286 e. The van der Waals surface area contributed by atoms with Crippen LogP contribution in [0.4, 0.5) is 0 Å². The lowest BCUT2D eigenvalue weighted by molar-refractivity contribution is 0.353. The van der Waals surface area contributed by atoms with Gasteiger partial charge in [0.25, 0.3) is 5.56 Å². The number of hydrogen-bond acceptors (Lipinski definition) is 4. The number of halogens is 1. The molecule has 0 radical (unpaired) electrons. The van der Waals surface area contributed by atoms with Gasteiger partial charge in [0.2, 0.25) is 0 Å². The van der Waals surface area contributed by atoms with E-state index in [9.17, 15) is 4.79 Å². The molecule has 0 spiro atoms. The summed E-state index contributed by atoms with van der Waals surface area (Å²) < 4.78 is 3.57. The Bertz CT molecular complexity index is 960. The van der Waals surface area contributed by atoms with Crippen LogP contribution in [-0.2, 0) is 6.54 Å². The molecular formula is C18H19ClN4OS. The van der Waals surface area contributed by atoms with E-state index in [1.165, 1.54) is 19.3 Å². The Balaban J connectivity index is 1.86. The third-order valence-electron chi connectivity index (χ3n) is 4.71. The van der Waals surface area contributed by atoms with Crippen LogP contribution in [0.5, 0.6) is 0 Å². The molecule has 0 aliphatic heterocycles. The summed E-state index contributed by atoms with van der Waals surface area (Å²) in [5, 5.41) is 1.37. The van der Waals surface area contributed by atoms with E-state index < -0.39 is 0 Å². The van der Waals surface area contributed by atoms with Crippen molar-refractivity contribution in [2.75, 3.05) is 5.75 Å². The van der Waals surface area contributed by atoms with Crippen molar-refractivity contribution in [1.82, 2.24) is 19.1 Å². The normalized spacial score (nSPS) is 14.8. The Labute approximate surface area is 155 Å². The molecule has 0 saturated heterocycles. The average Bonchev–Trinajstić information content (AvgIpc) is 2.98. The quantitative estimate of drug-likeness (QED) is 0.497. The number of nitrogens with zero attached hydrogens (tertiary/aromatic N) is 4. The van der Waals surface area contributed by atoms with Gasteiger partial charge >= 0.3 is 0 Å². The zero-order valence-electron chi connectivity index (χ0n) is 14.0. The van der Waals surface area contributed by atoms with Gasteiger partial charge in [-0.1, -0.05) is 29.8 Å². The Kier molecular flexibility index (Phi) is 4.56. The van der Waals surface area contributed by atoms with E-state index in [0.29, 0.717) is 16.2 Å². The molecule has 1 aromatic carbocycles. The predicted molar refractivity (Wildman–Crippen MR) is 102 cm³/mol. The number of aromatic nitrogens is 4. The van der Waals surface area contributed by atoms with E-state index in [2.05, 4.69) is 4.98 Å². The fraction of sp³-hybridized carbons (Fsp3) is 0.389. The highest BCUT2D eigenvalue weighted by Crippen LogP contribution is 2.32. The van der Waals surface area contributed by atoms with E-state index in [0.717, 1.165) is 29.1 Å². The summed E-state index contributed by atoms with van der Waals surface area (Å²) in [5.41, 5.74) is 1.71. The molecule has 4 rings (SSSR count). The first-order valence-electron chi connectivity index (χ1n) is 8.54. The lowest BCUT2D eigenvalue weighted by Gasteiger charge is -2.24. The van der Waals surface area contributed by atoms with Crippen LogP contribution in [-0.4, -0.2) is 24.9 Å². The second-order valence-electron chi connectivity index (χ2n) is 6.32. The van der Waals surface area contributed by atoms with E-state index >= 15 is 0 Å². The molecule has 0 bridgehead atoms. The molecule has 0 unspecified atom stereocenters. The number of hydrogen-bond donors (Lipinski definition) is 0. The summed E-state index contributed by atoms with van der Waals surface area (Å²) in [5.74, 6) is 1.72. The SMILES string of the molecule is CCn1cnc2c(=O)n(-c3ccc(Cl)cc3)c(SCC3CCC3)nc21. The van der Waals surface area contributed by atoms with Crippen molar-refractivity contribution < 1.29 is 0 Å². The molecule has 7 heteroatoms. The van der Waals surface area contributed by atoms with Crippen molar-refractivity contribution in [3.05, 3.63) is 46.0 Å². The van der Waals surface area contributed by atoms with Gasteiger partial charge in [-0.05, 0) is 49.9 Å². The second kappa shape index (κ2) is 6.84. The van der Waals surface area contributed by atoms with Crippen molar-refractivity contribution in [3.63, 3.8) is 0 Å². The molecule has 0 amide bonds. The summed E-state index contributed by atoms with van der Waals surface area (Å²) >= 11 is 7.66. The molecule has 1 fully saturated rings. The minimum Gasteiger partial charge on any atom is -0.315 e. The van der Waals surface area contributed by atoms with Crippen molar-refractivity contribution >= 4 is 34.5 Å². The third kappa shape index (κ3) is 3.09. The molecule has 5 nitrogen and oxygen atoms in total. The first-order chi connectivity index (χ1) is 12.2. The van der Waals surface area contributed by atoms with E-state index in [4.69, 9.17) is 16.6 Å². The van der Waals surface area contributed by atoms with Crippen LogP contribution in [0.3, 0.4) is 0 Å². The lowest BCUT2D eigenvalue weighted by Crippen LogP contribution is -2.23. The largest absolute Gasteiger partial charge is 0.315 e. The summed E-state index contributed by atoms with van der Waals surface area (Å²) in [6.07, 6.45) is 5.54. The highest BCUT2D eigenvalue weighted by Gasteiger charge is 2.21. The zero-order valence-corrected chi connectivity index (χ0v) is 15.6. The van der Waals surface area contributed by atoms with Crippen molar-refractivity contribution in [2.45, 2.75) is 37.9 Å². The lowest BCUT2D eigenvalue weighted by atomic mass is 9.87. The smallest absolute Gasteiger partial charge is 0.286 e. The van der Waals surface area contributed by atoms with Gasteiger partial charge in [0.05, 0.1) is 12.0 Å². The molecule has 0 atom stereocenters. The molecule has 25 heavy (non-hydrogen) atoms. The van der Waals surface area contributed by atoms with E-state index in [1.54, 1.807) is 34.8 Å². The van der Waals surface area contributed by atoms with Gasteiger partial charge in [0, 0.05) is 17.3 Å². The number of fused-ring (bicyclic) bond motifs is 1. The predicted octanol–water partition coefficient (Wildman–Crippen LogP) is 4.15. The molecule has 0 N–H and O–H groups in total. The number of imidazole rings is 1. The second-order valence-corrected chi connectivity index (χ2v) is 7.75. The number of aryl methyl sites for hydroxylation is 1. The van der Waals surface area contributed by atoms with Crippen molar-refractivity contribution in [1.29, 1.82) is 0 Å². The van der Waals surface area contributed by atoms with Crippen LogP contribution >= 0.6 is 23.4 Å². The third-order valence-corrected chi connectivity index (χ3v) is 6.13. The maximum atomic E-state index is 13.1. The fourth-order valence-corrected chi connectivity index (χ4v) is 4.29. The number of rotatable bonds is 5. The van der Waals surface area contributed by atoms with E-state index in [1.807, 2.05) is 23.6 Å². The Hall–Kier alpha value is -1.79. The van der Waals surface area contributed by atoms with Gasteiger partial charge in [0.1, 0.15) is 0 Å². The van der Waals surface area contributed by atoms with Crippen LogP contribution in [0.1, 0.15) is 26.2 Å². The standard InChI is InChI=1S/C18H19ClN4OS/c1-2-22-11-20-15-16(22)21-18(25-10-12-4-3-5-12)23(17(15)24)14-8-6-13(19)7-9-14/h6-9,11-12H,2-5,10H2,1H3. The molecule has 3 aromatic rings. The maximum absolute atomic E-state index is 13.1. The molecule has 130 valence electrons. The summed E-state index contributed by atoms with van der Waals surface area (Å²) in [6.45, 7) is 2.76. The van der Waals surface area contributed by atoms with Crippen molar-refractivity contribution in [2.24, 2.45) is 5.92 Å². The monoisotopic (exact) mass is 374 g/mol. The van der Waals surface area contributed by atoms with Gasteiger partial charge in [0.15, 0.2) is 16.3 Å². The van der Waals surface area contributed by atoms with Crippen LogP contribution in [0.25, 0.3) is 16.9 Å². The van der Waals surface area contributed by atoms with Gasteiger partial charge in [-0.2, -0.15) is 0 Å². The van der Waals surface area contributed by atoms with Gasteiger partial charge < -0.3 is 4.57 Å². The summed E-state index contributed by atoms with van der Waals surface area (Å²) in [4.78, 5) is 22.2. The van der Waals surface area contributed by atoms with Crippen molar-refractivity contribution in [3.8, 4) is 5.69 Å². The van der Waals surface area contributed by atoms with Crippen LogP contribution < -0.4 is 5.56 Å². The Morgan fingerprint density at radius 3 is 2.68 bits per heavy atom. The summed E-state index contributed by atoms with van der Waals surface area (Å²) in [7, 11) is 0. The Morgan fingerprint density at radius 1 is 1.28 bits per heavy atom. The molecule has 2 heterocycles. The van der Waals surface area contributed by atoms with Gasteiger partial charge in [-0.15, -0.1) is 0 Å². The minimum absolute atomic E-state index is 0.129. The number of thioether (sulfide) groups is 1. The molecule has 1 aliphatic rings. The van der Waals surface area contributed by atoms with E-state index in [-0.39, 0.29) is 5.56 Å². The fourth-order valence-electron chi connectivity index (χ4n) is 2.98. The van der Waals surface area contributed by atoms with Crippen LogP contribution in [0.15, 0.2) is 40.5 Å². The van der Waals surface area contributed by atoms with Crippen LogP contribution in [0.2, 0.25) is 5.02 Å². The van der Waals surface area contributed by atoms with Gasteiger partial charge in [-0.3, -0.25) is 9.36 Å². The molecule has 1 aliphatic carbocycles. The van der Waals surface area contributed by atoms with Crippen LogP contribution in [0, 0.1) is 5.92 Å². The minimum atomic E-state index is -0.129. The first-order valence-corrected chi connectivity index (χ1v) is 9.90. The van der Waals surface area contributed by atoms with Gasteiger partial charge in [-0.25, -0.2) is 9.97 Å². The molecular weight excluding hydrogens is 356 g/mol. The Morgan fingerprint density at radius 2 is 2.04 bits per heavy atom. The molecule has 1 saturated carbocycles. The highest BCUT2D eigenvalue weighted by molar-refractivity contribution is 7.99. The first kappa shape index (κ1) is 16.7. The average molecular weight is 375 g/mol. The zero-order chi connectivity index (χ0) is 17.4. The number of benzene rings is 1. The molecule has 2 aromatic heterocycles. The highest BCUT2D eigenvalue weighted by atomic mass is 35.5. The summed E-state index contributed by atoms with van der Waals surface area (Å²) in [6, 6.07) is 7.28.